The molecule has 0 aliphatic carbocycles. The van der Waals surface area contributed by atoms with Gasteiger partial charge < -0.3 is 5.32 Å². The molecule has 0 aliphatic heterocycles. The van der Waals surface area contributed by atoms with Crippen LogP contribution in [-0.4, -0.2) is 7.05 Å². The summed E-state index contributed by atoms with van der Waals surface area (Å²) in [6, 6.07) is 4.12. The summed E-state index contributed by atoms with van der Waals surface area (Å²) in [4.78, 5) is 0. The van der Waals surface area contributed by atoms with Crippen LogP contribution in [0.15, 0.2) is 18.2 Å². The number of hydrogen-bond donors (Lipinski definition) is 1. The van der Waals surface area contributed by atoms with E-state index in [1.807, 2.05) is 13.8 Å². The number of nitrogens with one attached hydrogen (secondary N) is 1. The molecule has 0 spiro atoms. The average molecular weight is 199 g/mol. The Morgan fingerprint density at radius 1 is 1.21 bits per heavy atom. The Labute approximate surface area is 83.1 Å². The van der Waals surface area contributed by atoms with E-state index in [-0.39, 0.29) is 12.0 Å². The first-order valence-corrected chi connectivity index (χ1v) is 4.69. The van der Waals surface area contributed by atoms with Gasteiger partial charge in [-0.05, 0) is 19.0 Å². The molecule has 1 nitrogen and oxygen atoms in total. The maximum absolute atomic E-state index is 13.4. The molecule has 1 aromatic rings. The van der Waals surface area contributed by atoms with Crippen molar-refractivity contribution in [1.82, 2.24) is 5.32 Å². The van der Waals surface area contributed by atoms with Crippen LogP contribution in [0, 0.1) is 17.6 Å². The monoisotopic (exact) mass is 199 g/mol. The second kappa shape index (κ2) is 4.51. The third-order valence-electron chi connectivity index (χ3n) is 2.29. The average Bonchev–Trinajstić information content (AvgIpc) is 2.13. The summed E-state index contributed by atoms with van der Waals surface area (Å²) in [7, 11) is 1.75. The van der Waals surface area contributed by atoms with E-state index < -0.39 is 11.6 Å². The molecule has 0 saturated carbocycles. The minimum Gasteiger partial charge on any atom is -0.313 e. The van der Waals surface area contributed by atoms with Gasteiger partial charge in [0.15, 0.2) is 11.6 Å². The van der Waals surface area contributed by atoms with Gasteiger partial charge in [-0.15, -0.1) is 0 Å². The Bertz CT molecular complexity index is 310. The number of rotatable bonds is 3. The molecule has 1 unspecified atom stereocenters. The van der Waals surface area contributed by atoms with Crippen molar-refractivity contribution in [3.63, 3.8) is 0 Å². The van der Waals surface area contributed by atoms with Crippen molar-refractivity contribution in [2.75, 3.05) is 7.05 Å². The number of benzene rings is 1. The highest BCUT2D eigenvalue weighted by Gasteiger charge is 2.19. The predicted molar refractivity (Wildman–Crippen MR) is 53.0 cm³/mol. The Hall–Kier alpha value is -0.960. The van der Waals surface area contributed by atoms with Crippen molar-refractivity contribution in [3.8, 4) is 0 Å². The standard InChI is InChI=1S/C11H15F2N/c1-7(2)11(14-3)8-5-4-6-9(12)10(8)13/h4-7,11,14H,1-3H3. The van der Waals surface area contributed by atoms with Crippen molar-refractivity contribution in [2.45, 2.75) is 19.9 Å². The molecule has 1 N–H and O–H groups in total. The summed E-state index contributed by atoms with van der Waals surface area (Å²) < 4.78 is 26.3. The van der Waals surface area contributed by atoms with Gasteiger partial charge in [0, 0.05) is 11.6 Å². The molecule has 0 saturated heterocycles. The number of halogens is 2. The minimum atomic E-state index is -0.789. The zero-order chi connectivity index (χ0) is 10.7. The molecule has 0 radical (unpaired) electrons. The first-order chi connectivity index (χ1) is 6.57. The lowest BCUT2D eigenvalue weighted by Crippen LogP contribution is -2.23. The molecule has 0 heterocycles. The first kappa shape index (κ1) is 11.1. The van der Waals surface area contributed by atoms with Gasteiger partial charge in [-0.25, -0.2) is 8.78 Å². The van der Waals surface area contributed by atoms with Gasteiger partial charge in [0.2, 0.25) is 0 Å². The lowest BCUT2D eigenvalue weighted by Gasteiger charge is -2.21. The molecule has 0 amide bonds. The Balaban J connectivity index is 3.10. The van der Waals surface area contributed by atoms with Gasteiger partial charge in [-0.3, -0.25) is 0 Å². The first-order valence-electron chi connectivity index (χ1n) is 4.69. The quantitative estimate of drug-likeness (QED) is 0.789. The van der Waals surface area contributed by atoms with Crippen molar-refractivity contribution < 1.29 is 8.78 Å². The van der Waals surface area contributed by atoms with Gasteiger partial charge in [-0.1, -0.05) is 26.0 Å². The van der Waals surface area contributed by atoms with Crippen LogP contribution in [0.25, 0.3) is 0 Å². The van der Waals surface area contributed by atoms with Crippen LogP contribution in [0.2, 0.25) is 0 Å². The van der Waals surface area contributed by atoms with Crippen molar-refractivity contribution in [1.29, 1.82) is 0 Å². The molecular weight excluding hydrogens is 184 g/mol. The van der Waals surface area contributed by atoms with Crippen LogP contribution < -0.4 is 5.32 Å². The summed E-state index contributed by atoms with van der Waals surface area (Å²) in [6.07, 6.45) is 0. The molecule has 1 atom stereocenters. The maximum atomic E-state index is 13.4. The third kappa shape index (κ3) is 2.10. The Morgan fingerprint density at radius 3 is 2.36 bits per heavy atom. The van der Waals surface area contributed by atoms with Crippen LogP contribution in [0.5, 0.6) is 0 Å². The molecular formula is C11H15F2N. The van der Waals surface area contributed by atoms with E-state index in [0.29, 0.717) is 5.56 Å². The van der Waals surface area contributed by atoms with Crippen molar-refractivity contribution in [3.05, 3.63) is 35.4 Å². The molecule has 3 heteroatoms. The van der Waals surface area contributed by atoms with E-state index in [1.54, 1.807) is 13.1 Å². The van der Waals surface area contributed by atoms with E-state index in [1.165, 1.54) is 6.07 Å². The van der Waals surface area contributed by atoms with Gasteiger partial charge in [0.25, 0.3) is 0 Å². The Morgan fingerprint density at radius 2 is 1.86 bits per heavy atom. The smallest absolute Gasteiger partial charge is 0.163 e. The summed E-state index contributed by atoms with van der Waals surface area (Å²) in [6.45, 7) is 3.93. The zero-order valence-corrected chi connectivity index (χ0v) is 8.64. The normalized spacial score (nSPS) is 13.3. The summed E-state index contributed by atoms with van der Waals surface area (Å²) in [5.41, 5.74) is 0.391. The molecule has 1 aromatic carbocycles. The molecule has 14 heavy (non-hydrogen) atoms. The van der Waals surface area contributed by atoms with Crippen molar-refractivity contribution >= 4 is 0 Å². The number of hydrogen-bond acceptors (Lipinski definition) is 1. The molecule has 1 rings (SSSR count). The summed E-state index contributed by atoms with van der Waals surface area (Å²) >= 11 is 0. The largest absolute Gasteiger partial charge is 0.313 e. The van der Waals surface area contributed by atoms with Crippen LogP contribution in [0.1, 0.15) is 25.5 Å². The van der Waals surface area contributed by atoms with Gasteiger partial charge in [-0.2, -0.15) is 0 Å². The highest BCUT2D eigenvalue weighted by Crippen LogP contribution is 2.24. The molecule has 0 aliphatic rings. The highest BCUT2D eigenvalue weighted by molar-refractivity contribution is 5.22. The van der Waals surface area contributed by atoms with E-state index in [2.05, 4.69) is 5.32 Å². The fraction of sp³-hybridized carbons (Fsp3) is 0.455. The fourth-order valence-corrected chi connectivity index (χ4v) is 1.61. The van der Waals surface area contributed by atoms with Gasteiger partial charge >= 0.3 is 0 Å². The summed E-state index contributed by atoms with van der Waals surface area (Å²) in [5.74, 6) is -1.32. The topological polar surface area (TPSA) is 12.0 Å². The van der Waals surface area contributed by atoms with Crippen LogP contribution >= 0.6 is 0 Å². The lowest BCUT2D eigenvalue weighted by molar-refractivity contribution is 0.410. The third-order valence-corrected chi connectivity index (χ3v) is 2.29. The highest BCUT2D eigenvalue weighted by atomic mass is 19.2. The van der Waals surface area contributed by atoms with Crippen molar-refractivity contribution in [2.24, 2.45) is 5.92 Å². The Kier molecular flexibility index (Phi) is 3.58. The summed E-state index contributed by atoms with van der Waals surface area (Å²) in [5, 5.41) is 2.98. The van der Waals surface area contributed by atoms with E-state index >= 15 is 0 Å². The second-order valence-electron chi connectivity index (χ2n) is 3.65. The lowest BCUT2D eigenvalue weighted by atomic mass is 9.96. The SMILES string of the molecule is CNC(c1cccc(F)c1F)C(C)C. The minimum absolute atomic E-state index is 0.148. The molecule has 0 bridgehead atoms. The molecule has 78 valence electrons. The predicted octanol–water partition coefficient (Wildman–Crippen LogP) is 2.88. The van der Waals surface area contributed by atoms with E-state index in [4.69, 9.17) is 0 Å². The van der Waals surface area contributed by atoms with Gasteiger partial charge in [0.1, 0.15) is 0 Å². The van der Waals surface area contributed by atoms with Crippen LogP contribution in [0.3, 0.4) is 0 Å². The maximum Gasteiger partial charge on any atom is 0.163 e. The van der Waals surface area contributed by atoms with Crippen LogP contribution in [0.4, 0.5) is 8.78 Å². The van der Waals surface area contributed by atoms with Crippen LogP contribution in [-0.2, 0) is 0 Å². The van der Waals surface area contributed by atoms with E-state index in [0.717, 1.165) is 6.07 Å². The van der Waals surface area contributed by atoms with E-state index in [9.17, 15) is 8.78 Å². The zero-order valence-electron chi connectivity index (χ0n) is 8.64. The molecule has 0 aromatic heterocycles. The fourth-order valence-electron chi connectivity index (χ4n) is 1.61. The second-order valence-corrected chi connectivity index (χ2v) is 3.65. The van der Waals surface area contributed by atoms with Gasteiger partial charge in [0.05, 0.1) is 0 Å². The molecule has 0 fully saturated rings.